The summed E-state index contributed by atoms with van der Waals surface area (Å²) in [4.78, 5) is 40.5. The van der Waals surface area contributed by atoms with Crippen molar-refractivity contribution in [3.05, 3.63) is 75.7 Å². The lowest BCUT2D eigenvalue weighted by atomic mass is 9.76. The third-order valence-electron chi connectivity index (χ3n) is 6.50. The zero-order chi connectivity index (χ0) is 23.7. The number of alkyl carbamates (subject to hydrolysis) is 1. The summed E-state index contributed by atoms with van der Waals surface area (Å²) in [5.74, 6) is -1.49. The van der Waals surface area contributed by atoms with Gasteiger partial charge in [-0.05, 0) is 41.5 Å². The zero-order valence-corrected chi connectivity index (χ0v) is 19.1. The van der Waals surface area contributed by atoms with E-state index in [1.54, 1.807) is 0 Å². The Morgan fingerprint density at radius 1 is 1.06 bits per heavy atom. The van der Waals surface area contributed by atoms with Crippen LogP contribution in [0.4, 0.5) is 4.79 Å². The number of fused-ring (bicyclic) bond motifs is 3. The van der Waals surface area contributed by atoms with Crippen molar-refractivity contribution in [2.45, 2.75) is 37.3 Å². The number of ether oxygens (including phenoxy) is 1. The predicted octanol–water partition coefficient (Wildman–Crippen LogP) is 3.92. The predicted molar refractivity (Wildman–Crippen MR) is 126 cm³/mol. The van der Waals surface area contributed by atoms with E-state index in [4.69, 9.17) is 9.84 Å². The van der Waals surface area contributed by atoms with Gasteiger partial charge in [-0.15, -0.1) is 11.3 Å². The van der Waals surface area contributed by atoms with E-state index in [1.165, 1.54) is 5.38 Å². The number of carboxylic acids is 1. The quantitative estimate of drug-likeness (QED) is 0.475. The average Bonchev–Trinajstić information content (AvgIpc) is 3.42. The second-order valence-electron chi connectivity index (χ2n) is 8.50. The van der Waals surface area contributed by atoms with E-state index in [-0.39, 0.29) is 30.7 Å². The maximum absolute atomic E-state index is 12.9. The van der Waals surface area contributed by atoms with Crippen LogP contribution in [0.2, 0.25) is 0 Å². The number of amides is 2. The van der Waals surface area contributed by atoms with Crippen LogP contribution in [-0.2, 0) is 16.1 Å². The van der Waals surface area contributed by atoms with Gasteiger partial charge in [-0.3, -0.25) is 4.79 Å². The molecule has 9 heteroatoms. The molecule has 2 aromatic carbocycles. The largest absolute Gasteiger partial charge is 0.476 e. The number of nitrogens with zero attached hydrogens (tertiary/aromatic N) is 1. The molecular weight excluding hydrogens is 454 g/mol. The van der Waals surface area contributed by atoms with Crippen LogP contribution in [0.1, 0.15) is 51.8 Å². The summed E-state index contributed by atoms with van der Waals surface area (Å²) in [5.41, 5.74) is 3.47. The van der Waals surface area contributed by atoms with E-state index in [0.29, 0.717) is 17.8 Å². The molecule has 0 radical (unpaired) electrons. The Morgan fingerprint density at radius 2 is 1.71 bits per heavy atom. The average molecular weight is 478 g/mol. The minimum Gasteiger partial charge on any atom is -0.476 e. The van der Waals surface area contributed by atoms with Gasteiger partial charge in [-0.1, -0.05) is 48.5 Å². The standard InChI is InChI=1S/C25H23N3O5S/c29-22(30)20-14-34-21(27-20)12-26-23(31)25(10-5-11-25)28-24(32)33-13-19-17-8-3-1-6-15(17)16-7-2-4-9-18(16)19/h1-4,6-9,14,19H,5,10-13H2,(H,26,31)(H,28,32)(H,29,30). The van der Waals surface area contributed by atoms with Crippen molar-refractivity contribution in [2.75, 3.05) is 6.61 Å². The molecule has 0 bridgehead atoms. The Balaban J connectivity index is 1.20. The van der Waals surface area contributed by atoms with Crippen molar-refractivity contribution in [3.8, 4) is 11.1 Å². The van der Waals surface area contributed by atoms with E-state index >= 15 is 0 Å². The highest BCUT2D eigenvalue weighted by Crippen LogP contribution is 2.44. The van der Waals surface area contributed by atoms with Crippen LogP contribution >= 0.6 is 11.3 Å². The van der Waals surface area contributed by atoms with Gasteiger partial charge in [-0.2, -0.15) is 0 Å². The van der Waals surface area contributed by atoms with E-state index in [0.717, 1.165) is 40.0 Å². The van der Waals surface area contributed by atoms with Crippen molar-refractivity contribution in [3.63, 3.8) is 0 Å². The number of carbonyl (C=O) groups excluding carboxylic acids is 2. The Kier molecular flexibility index (Phi) is 5.79. The van der Waals surface area contributed by atoms with Crippen molar-refractivity contribution in [1.29, 1.82) is 0 Å². The lowest BCUT2D eigenvalue weighted by molar-refractivity contribution is -0.131. The summed E-state index contributed by atoms with van der Waals surface area (Å²) in [6.07, 6.45) is 1.22. The van der Waals surface area contributed by atoms with Gasteiger partial charge >= 0.3 is 12.1 Å². The number of thiazole rings is 1. The van der Waals surface area contributed by atoms with Gasteiger partial charge in [0.05, 0.1) is 6.54 Å². The van der Waals surface area contributed by atoms with Gasteiger partial charge in [-0.25, -0.2) is 14.6 Å². The van der Waals surface area contributed by atoms with E-state index in [1.807, 2.05) is 24.3 Å². The molecule has 34 heavy (non-hydrogen) atoms. The molecule has 0 spiro atoms. The SMILES string of the molecule is O=C(NC1(C(=O)NCc2nc(C(=O)O)cs2)CCC1)OCC1c2ccccc2-c2ccccc21. The molecular formula is C25H23N3O5S. The fraction of sp³-hybridized carbons (Fsp3) is 0.280. The van der Waals surface area contributed by atoms with Gasteiger partial charge in [0, 0.05) is 11.3 Å². The molecule has 2 aliphatic rings. The summed E-state index contributed by atoms with van der Waals surface area (Å²) in [5, 5.41) is 16.4. The first-order valence-electron chi connectivity index (χ1n) is 11.1. The molecule has 1 saturated carbocycles. The Morgan fingerprint density at radius 3 is 2.26 bits per heavy atom. The summed E-state index contributed by atoms with van der Waals surface area (Å²) in [6.45, 7) is 0.277. The molecule has 3 N–H and O–H groups in total. The highest BCUT2D eigenvalue weighted by Gasteiger charge is 2.46. The van der Waals surface area contributed by atoms with Crippen molar-refractivity contribution >= 4 is 29.3 Å². The number of rotatable bonds is 7. The van der Waals surface area contributed by atoms with Crippen LogP contribution in [0.25, 0.3) is 11.1 Å². The lowest BCUT2D eigenvalue weighted by Gasteiger charge is -2.40. The van der Waals surface area contributed by atoms with Crippen molar-refractivity contribution in [1.82, 2.24) is 15.6 Å². The van der Waals surface area contributed by atoms with Crippen LogP contribution in [0.3, 0.4) is 0 Å². The van der Waals surface area contributed by atoms with Crippen LogP contribution in [-0.4, -0.2) is 40.2 Å². The second-order valence-corrected chi connectivity index (χ2v) is 9.44. The minimum absolute atomic E-state index is 0.0515. The minimum atomic E-state index is -1.11. The van der Waals surface area contributed by atoms with Crippen LogP contribution in [0.5, 0.6) is 0 Å². The van der Waals surface area contributed by atoms with Crippen molar-refractivity contribution < 1.29 is 24.2 Å². The maximum atomic E-state index is 12.9. The first-order chi connectivity index (χ1) is 16.5. The molecule has 8 nitrogen and oxygen atoms in total. The molecule has 1 heterocycles. The van der Waals surface area contributed by atoms with E-state index < -0.39 is 17.6 Å². The number of hydrogen-bond acceptors (Lipinski definition) is 6. The summed E-state index contributed by atoms with van der Waals surface area (Å²) in [7, 11) is 0. The molecule has 0 atom stereocenters. The molecule has 1 fully saturated rings. The highest BCUT2D eigenvalue weighted by molar-refractivity contribution is 7.09. The Hall–Kier alpha value is -3.72. The zero-order valence-electron chi connectivity index (χ0n) is 18.2. The highest BCUT2D eigenvalue weighted by atomic mass is 32.1. The van der Waals surface area contributed by atoms with Gasteiger partial charge < -0.3 is 20.5 Å². The topological polar surface area (TPSA) is 118 Å². The number of aromatic carboxylic acids is 1. The summed E-state index contributed by atoms with van der Waals surface area (Å²) < 4.78 is 5.61. The molecule has 0 unspecified atom stereocenters. The molecule has 3 aromatic rings. The van der Waals surface area contributed by atoms with Gasteiger partial charge in [0.25, 0.3) is 0 Å². The molecule has 0 saturated heterocycles. The van der Waals surface area contributed by atoms with Crippen molar-refractivity contribution in [2.24, 2.45) is 0 Å². The Labute approximate surface area is 200 Å². The molecule has 2 aliphatic carbocycles. The molecule has 5 rings (SSSR count). The molecule has 174 valence electrons. The number of carboxylic acid groups (broad SMARTS) is 1. The first kappa shape index (κ1) is 22.1. The number of aromatic nitrogens is 1. The fourth-order valence-electron chi connectivity index (χ4n) is 4.58. The van der Waals surface area contributed by atoms with Crippen LogP contribution in [0.15, 0.2) is 53.9 Å². The maximum Gasteiger partial charge on any atom is 0.408 e. The van der Waals surface area contributed by atoms with Gasteiger partial charge in [0.2, 0.25) is 5.91 Å². The van der Waals surface area contributed by atoms with Crippen LogP contribution < -0.4 is 10.6 Å². The molecule has 2 amide bonds. The third kappa shape index (κ3) is 4.03. The number of carbonyl (C=O) groups is 3. The normalized spacial score (nSPS) is 15.5. The summed E-state index contributed by atoms with van der Waals surface area (Å²) in [6, 6.07) is 16.2. The van der Waals surface area contributed by atoms with Gasteiger partial charge in [0.15, 0.2) is 5.69 Å². The fourth-order valence-corrected chi connectivity index (χ4v) is 5.29. The second kappa shape index (κ2) is 8.90. The van der Waals surface area contributed by atoms with E-state index in [2.05, 4.69) is 39.9 Å². The lowest BCUT2D eigenvalue weighted by Crippen LogP contribution is -2.62. The number of nitrogens with one attached hydrogen (secondary N) is 2. The van der Waals surface area contributed by atoms with Crippen LogP contribution in [0, 0.1) is 0 Å². The van der Waals surface area contributed by atoms with Gasteiger partial charge in [0.1, 0.15) is 17.2 Å². The third-order valence-corrected chi connectivity index (χ3v) is 7.35. The number of benzene rings is 2. The monoisotopic (exact) mass is 477 g/mol. The molecule has 0 aliphatic heterocycles. The van der Waals surface area contributed by atoms with E-state index in [9.17, 15) is 14.4 Å². The smallest absolute Gasteiger partial charge is 0.408 e. The Bertz CT molecular complexity index is 1220. The number of hydrogen-bond donors (Lipinski definition) is 3. The first-order valence-corrected chi connectivity index (χ1v) is 11.9. The summed E-state index contributed by atoms with van der Waals surface area (Å²) >= 11 is 1.16. The molecule has 1 aromatic heterocycles.